The van der Waals surface area contributed by atoms with Crippen molar-refractivity contribution >= 4 is 27.5 Å². The number of carbonyl (C=O) groups excluding carboxylic acids is 1. The fraction of sp³-hybridized carbons (Fsp3) is 0.269. The Kier molecular flexibility index (Phi) is 5.83. The Morgan fingerprint density at radius 2 is 1.79 bits per heavy atom. The first-order valence-electron chi connectivity index (χ1n) is 11.0. The summed E-state index contributed by atoms with van der Waals surface area (Å²) in [7, 11) is 3.21. The maximum Gasteiger partial charge on any atom is 0.263 e. The molecular weight excluding hydrogens is 450 g/mol. The van der Waals surface area contributed by atoms with Crippen LogP contribution in [0.1, 0.15) is 16.7 Å². The monoisotopic (exact) mass is 475 g/mol. The number of nitrogens with zero attached hydrogens (tertiary/aromatic N) is 3. The molecule has 0 aliphatic carbocycles. The van der Waals surface area contributed by atoms with Gasteiger partial charge >= 0.3 is 0 Å². The number of aromatic nitrogens is 2. The van der Waals surface area contributed by atoms with Crippen LogP contribution in [0.2, 0.25) is 0 Å². The molecule has 3 heterocycles. The molecule has 174 valence electrons. The quantitative estimate of drug-likeness (QED) is 0.436. The molecule has 0 N–H and O–H groups in total. The van der Waals surface area contributed by atoms with Crippen LogP contribution in [0, 0.1) is 6.92 Å². The number of hydrogen-bond donors (Lipinski definition) is 0. The highest BCUT2D eigenvalue weighted by Gasteiger charge is 2.24. The first-order chi connectivity index (χ1) is 16.5. The predicted octanol–water partition coefficient (Wildman–Crippen LogP) is 4.04. The summed E-state index contributed by atoms with van der Waals surface area (Å²) in [5, 5.41) is 2.52. The van der Waals surface area contributed by atoms with Crippen LogP contribution in [-0.4, -0.2) is 41.1 Å². The van der Waals surface area contributed by atoms with Crippen molar-refractivity contribution in [2.24, 2.45) is 0 Å². The van der Waals surface area contributed by atoms with Gasteiger partial charge in [-0.25, -0.2) is 4.98 Å². The molecule has 1 aliphatic rings. The van der Waals surface area contributed by atoms with Crippen molar-refractivity contribution in [1.82, 2.24) is 14.5 Å². The van der Waals surface area contributed by atoms with Crippen molar-refractivity contribution in [1.29, 1.82) is 0 Å². The third-order valence-corrected chi connectivity index (χ3v) is 7.19. The molecule has 8 heteroatoms. The molecule has 0 spiro atoms. The maximum absolute atomic E-state index is 13.3. The molecule has 5 rings (SSSR count). The molecule has 0 bridgehead atoms. The fourth-order valence-electron chi connectivity index (χ4n) is 4.37. The Bertz CT molecular complexity index is 1440. The molecule has 0 unspecified atom stereocenters. The smallest absolute Gasteiger partial charge is 0.263 e. The van der Waals surface area contributed by atoms with Gasteiger partial charge in [0.2, 0.25) is 5.91 Å². The molecule has 2 aromatic heterocycles. The molecule has 4 aromatic rings. The van der Waals surface area contributed by atoms with E-state index in [9.17, 15) is 9.59 Å². The van der Waals surface area contributed by atoms with E-state index in [0.717, 1.165) is 34.2 Å². The third-order valence-electron chi connectivity index (χ3n) is 6.30. The van der Waals surface area contributed by atoms with Crippen LogP contribution in [0.25, 0.3) is 21.3 Å². The summed E-state index contributed by atoms with van der Waals surface area (Å²) in [5.41, 5.74) is 4.95. The van der Waals surface area contributed by atoms with Crippen LogP contribution in [-0.2, 0) is 24.3 Å². The maximum atomic E-state index is 13.3. The number of amides is 1. The second kappa shape index (κ2) is 8.95. The normalized spacial score (nSPS) is 13.1. The lowest BCUT2D eigenvalue weighted by atomic mass is 9.98. The average molecular weight is 476 g/mol. The minimum atomic E-state index is -0.195. The van der Waals surface area contributed by atoms with E-state index in [1.165, 1.54) is 22.2 Å². The van der Waals surface area contributed by atoms with E-state index >= 15 is 0 Å². The van der Waals surface area contributed by atoms with Gasteiger partial charge in [0.25, 0.3) is 5.56 Å². The molecule has 0 radical (unpaired) electrons. The number of ether oxygens (including phenoxy) is 2. The van der Waals surface area contributed by atoms with Crippen LogP contribution < -0.4 is 15.0 Å². The average Bonchev–Trinajstić information content (AvgIpc) is 3.29. The van der Waals surface area contributed by atoms with Gasteiger partial charge in [-0.2, -0.15) is 0 Å². The summed E-state index contributed by atoms with van der Waals surface area (Å²) >= 11 is 1.44. The summed E-state index contributed by atoms with van der Waals surface area (Å²) in [6.45, 7) is 3.03. The SMILES string of the molecule is COc1cc2c(cc1OC)CN(C(=O)Cn1cnc3scc(-c4ccc(C)cc4)c3c1=O)CC2. The largest absolute Gasteiger partial charge is 0.493 e. The van der Waals surface area contributed by atoms with Gasteiger partial charge in [0.1, 0.15) is 11.4 Å². The van der Waals surface area contributed by atoms with Crippen LogP contribution in [0.15, 0.2) is 52.9 Å². The zero-order valence-electron chi connectivity index (χ0n) is 19.3. The first-order valence-corrected chi connectivity index (χ1v) is 11.9. The Morgan fingerprint density at radius 1 is 1.09 bits per heavy atom. The van der Waals surface area contributed by atoms with Crippen molar-refractivity contribution in [3.8, 4) is 22.6 Å². The van der Waals surface area contributed by atoms with Crippen molar-refractivity contribution in [3.63, 3.8) is 0 Å². The van der Waals surface area contributed by atoms with E-state index in [1.54, 1.807) is 19.1 Å². The molecule has 0 fully saturated rings. The standard InChI is InChI=1S/C26H25N3O4S/c1-16-4-6-17(7-5-16)20-14-34-25-24(20)26(31)29(15-27-25)13-23(30)28-9-8-18-10-21(32-2)22(33-3)11-19(18)12-28/h4-7,10-11,14-15H,8-9,12-13H2,1-3H3. The lowest BCUT2D eigenvalue weighted by molar-refractivity contribution is -0.132. The molecule has 1 aliphatic heterocycles. The Morgan fingerprint density at radius 3 is 2.50 bits per heavy atom. The summed E-state index contributed by atoms with van der Waals surface area (Å²) in [5.74, 6) is 1.21. The van der Waals surface area contributed by atoms with Crippen molar-refractivity contribution in [3.05, 3.63) is 75.1 Å². The highest BCUT2D eigenvalue weighted by Crippen LogP contribution is 2.33. The molecule has 34 heavy (non-hydrogen) atoms. The van der Waals surface area contributed by atoms with Gasteiger partial charge in [-0.1, -0.05) is 29.8 Å². The lowest BCUT2D eigenvalue weighted by Crippen LogP contribution is -2.39. The second-order valence-electron chi connectivity index (χ2n) is 8.41. The minimum absolute atomic E-state index is 0.0480. The molecular formula is C26H25N3O4S. The van der Waals surface area contributed by atoms with Crippen molar-refractivity contribution in [2.75, 3.05) is 20.8 Å². The summed E-state index contributed by atoms with van der Waals surface area (Å²) in [6.07, 6.45) is 2.19. The number of thiophene rings is 1. The highest BCUT2D eigenvalue weighted by atomic mass is 32.1. The number of fused-ring (bicyclic) bond motifs is 2. The van der Waals surface area contributed by atoms with E-state index in [2.05, 4.69) is 4.98 Å². The minimum Gasteiger partial charge on any atom is -0.493 e. The van der Waals surface area contributed by atoms with Gasteiger partial charge in [0, 0.05) is 24.0 Å². The van der Waals surface area contributed by atoms with Crippen LogP contribution >= 0.6 is 11.3 Å². The predicted molar refractivity (Wildman–Crippen MR) is 133 cm³/mol. The molecule has 1 amide bonds. The highest BCUT2D eigenvalue weighted by molar-refractivity contribution is 7.17. The van der Waals surface area contributed by atoms with Crippen LogP contribution in [0.3, 0.4) is 0 Å². The molecule has 0 saturated carbocycles. The topological polar surface area (TPSA) is 73.7 Å². The number of methoxy groups -OCH3 is 2. The number of benzene rings is 2. The molecule has 0 saturated heterocycles. The first kappa shape index (κ1) is 22.2. The van der Waals surface area contributed by atoms with Gasteiger partial charge in [0.05, 0.1) is 25.9 Å². The van der Waals surface area contributed by atoms with Gasteiger partial charge < -0.3 is 14.4 Å². The number of hydrogen-bond acceptors (Lipinski definition) is 6. The molecule has 7 nitrogen and oxygen atoms in total. The number of carbonyl (C=O) groups is 1. The molecule has 2 aromatic carbocycles. The van der Waals surface area contributed by atoms with E-state index < -0.39 is 0 Å². The van der Waals surface area contributed by atoms with Crippen LogP contribution in [0.4, 0.5) is 0 Å². The van der Waals surface area contributed by atoms with E-state index in [0.29, 0.717) is 34.8 Å². The summed E-state index contributed by atoms with van der Waals surface area (Å²) < 4.78 is 12.2. The van der Waals surface area contributed by atoms with E-state index in [1.807, 2.05) is 48.7 Å². The Hall–Kier alpha value is -3.65. The Labute approximate surface area is 201 Å². The third kappa shape index (κ3) is 3.94. The van der Waals surface area contributed by atoms with Crippen molar-refractivity contribution < 1.29 is 14.3 Å². The van der Waals surface area contributed by atoms with E-state index in [4.69, 9.17) is 9.47 Å². The van der Waals surface area contributed by atoms with Crippen LogP contribution in [0.5, 0.6) is 11.5 Å². The van der Waals surface area contributed by atoms with E-state index in [-0.39, 0.29) is 18.0 Å². The van der Waals surface area contributed by atoms with Gasteiger partial charge in [0.15, 0.2) is 11.5 Å². The summed E-state index contributed by atoms with van der Waals surface area (Å²) in [4.78, 5) is 33.4. The van der Waals surface area contributed by atoms with Gasteiger partial charge in [-0.3, -0.25) is 14.2 Å². The van der Waals surface area contributed by atoms with Gasteiger partial charge in [-0.05, 0) is 42.2 Å². The number of rotatable bonds is 5. The van der Waals surface area contributed by atoms with Crippen molar-refractivity contribution in [2.45, 2.75) is 26.4 Å². The molecule has 0 atom stereocenters. The Balaban J connectivity index is 1.41. The second-order valence-corrected chi connectivity index (χ2v) is 9.27. The zero-order valence-corrected chi connectivity index (χ0v) is 20.1. The zero-order chi connectivity index (χ0) is 23.8. The summed E-state index contributed by atoms with van der Waals surface area (Å²) in [6, 6.07) is 12.0. The number of aryl methyl sites for hydroxylation is 1. The van der Waals surface area contributed by atoms with Gasteiger partial charge in [-0.15, -0.1) is 11.3 Å². The fourth-order valence-corrected chi connectivity index (χ4v) is 5.27. The lowest BCUT2D eigenvalue weighted by Gasteiger charge is -2.29.